The van der Waals surface area contributed by atoms with Crippen LogP contribution in [0.2, 0.25) is 0 Å². The molecule has 1 saturated heterocycles. The van der Waals surface area contributed by atoms with Crippen molar-refractivity contribution in [1.29, 1.82) is 0 Å². The topological polar surface area (TPSA) is 47.0 Å². The number of amides is 1. The number of carbonyl (C=O) groups is 1. The van der Waals surface area contributed by atoms with Gasteiger partial charge in [0.15, 0.2) is 0 Å². The monoisotopic (exact) mass is 323 g/mol. The molecule has 0 spiro atoms. The van der Waals surface area contributed by atoms with Crippen LogP contribution >= 0.6 is 0 Å². The maximum absolute atomic E-state index is 14.1. The van der Waals surface area contributed by atoms with Crippen LogP contribution in [0.25, 0.3) is 0 Å². The van der Waals surface area contributed by atoms with E-state index in [-0.39, 0.29) is 30.4 Å². The first-order chi connectivity index (χ1) is 10.8. The average Bonchev–Trinajstić information content (AvgIpc) is 2.49. The van der Waals surface area contributed by atoms with Gasteiger partial charge in [0, 0.05) is 51.4 Å². The predicted octanol–water partition coefficient (Wildman–Crippen LogP) is 1.42. The van der Waals surface area contributed by atoms with Gasteiger partial charge in [0.25, 0.3) is 5.91 Å². The van der Waals surface area contributed by atoms with Gasteiger partial charge in [-0.05, 0) is 32.0 Å². The highest BCUT2D eigenvalue weighted by atomic mass is 19.1. The van der Waals surface area contributed by atoms with E-state index in [1.165, 1.54) is 6.07 Å². The lowest BCUT2D eigenvalue weighted by Gasteiger charge is -2.44. The molecule has 6 heteroatoms. The van der Waals surface area contributed by atoms with Crippen LogP contribution in [0.4, 0.5) is 10.1 Å². The number of piperazine rings is 1. The maximum Gasteiger partial charge on any atom is 0.254 e. The first-order valence-electron chi connectivity index (χ1n) is 7.98. The van der Waals surface area contributed by atoms with Crippen molar-refractivity contribution in [2.24, 2.45) is 0 Å². The highest BCUT2D eigenvalue weighted by molar-refractivity contribution is 5.94. The van der Waals surface area contributed by atoms with Gasteiger partial charge in [0.05, 0.1) is 12.3 Å². The summed E-state index contributed by atoms with van der Waals surface area (Å²) in [5.41, 5.74) is 0.846. The summed E-state index contributed by atoms with van der Waals surface area (Å²) in [6.45, 7) is 5.97. The molecule has 128 valence electrons. The minimum absolute atomic E-state index is 0.111. The second-order valence-electron chi connectivity index (χ2n) is 6.43. The van der Waals surface area contributed by atoms with Crippen LogP contribution in [0.1, 0.15) is 24.2 Å². The van der Waals surface area contributed by atoms with E-state index in [0.717, 1.165) is 0 Å². The van der Waals surface area contributed by atoms with Crippen molar-refractivity contribution in [2.45, 2.75) is 25.9 Å². The minimum Gasteiger partial charge on any atom is -0.395 e. The quantitative estimate of drug-likeness (QED) is 0.910. The maximum atomic E-state index is 14.1. The Bertz CT molecular complexity index is 553. The van der Waals surface area contributed by atoms with Crippen LogP contribution in [-0.4, -0.2) is 73.2 Å². The largest absolute Gasteiger partial charge is 0.395 e. The molecule has 0 aliphatic carbocycles. The van der Waals surface area contributed by atoms with Gasteiger partial charge in [0.1, 0.15) is 5.82 Å². The van der Waals surface area contributed by atoms with Gasteiger partial charge < -0.3 is 14.9 Å². The molecule has 0 saturated carbocycles. The Labute approximate surface area is 137 Å². The van der Waals surface area contributed by atoms with Gasteiger partial charge in [-0.3, -0.25) is 9.69 Å². The zero-order valence-electron chi connectivity index (χ0n) is 14.3. The molecule has 0 unspecified atom stereocenters. The van der Waals surface area contributed by atoms with E-state index < -0.39 is 0 Å². The summed E-state index contributed by atoms with van der Waals surface area (Å²) >= 11 is 0. The molecule has 1 aromatic rings. The van der Waals surface area contributed by atoms with Crippen molar-refractivity contribution >= 4 is 11.6 Å². The molecule has 0 radical (unpaired) electrons. The fourth-order valence-corrected chi connectivity index (χ4v) is 3.26. The van der Waals surface area contributed by atoms with E-state index in [0.29, 0.717) is 30.9 Å². The third kappa shape index (κ3) is 3.82. The number of β-amino-alcohol motifs (C(OH)–C–C–N with tert-alkyl or cyclic N) is 1. The Hall–Kier alpha value is -1.66. The van der Waals surface area contributed by atoms with Gasteiger partial charge in [-0.15, -0.1) is 0 Å². The van der Waals surface area contributed by atoms with Gasteiger partial charge in [-0.25, -0.2) is 4.39 Å². The number of hydrogen-bond acceptors (Lipinski definition) is 4. The Morgan fingerprint density at radius 2 is 1.91 bits per heavy atom. The number of nitrogens with zero attached hydrogens (tertiary/aromatic N) is 3. The van der Waals surface area contributed by atoms with Crippen molar-refractivity contribution in [3.63, 3.8) is 0 Å². The van der Waals surface area contributed by atoms with Crippen molar-refractivity contribution < 1.29 is 14.3 Å². The van der Waals surface area contributed by atoms with Crippen LogP contribution < -0.4 is 4.90 Å². The summed E-state index contributed by atoms with van der Waals surface area (Å²) in [6.07, 6.45) is 0. The van der Waals surface area contributed by atoms with Crippen LogP contribution in [0.15, 0.2) is 18.2 Å². The lowest BCUT2D eigenvalue weighted by atomic mass is 10.1. The second kappa shape index (κ2) is 7.27. The van der Waals surface area contributed by atoms with Crippen molar-refractivity contribution in [3.05, 3.63) is 29.6 Å². The van der Waals surface area contributed by atoms with Gasteiger partial charge in [-0.1, -0.05) is 0 Å². The lowest BCUT2D eigenvalue weighted by Crippen LogP contribution is -2.58. The predicted molar refractivity (Wildman–Crippen MR) is 89.3 cm³/mol. The molecule has 0 bridgehead atoms. The van der Waals surface area contributed by atoms with Crippen molar-refractivity contribution in [1.82, 2.24) is 9.80 Å². The zero-order valence-corrected chi connectivity index (χ0v) is 14.3. The number of aliphatic hydroxyl groups is 1. The number of aliphatic hydroxyl groups excluding tert-OH is 1. The summed E-state index contributed by atoms with van der Waals surface area (Å²) in [5, 5.41) is 9.14. The number of benzene rings is 1. The molecule has 1 heterocycles. The van der Waals surface area contributed by atoms with Crippen molar-refractivity contribution in [3.8, 4) is 0 Å². The van der Waals surface area contributed by atoms with Crippen LogP contribution in [-0.2, 0) is 0 Å². The zero-order chi connectivity index (χ0) is 17.1. The summed E-state index contributed by atoms with van der Waals surface area (Å²) in [5.74, 6) is -0.530. The summed E-state index contributed by atoms with van der Waals surface area (Å²) < 4.78 is 14.1. The van der Waals surface area contributed by atoms with Gasteiger partial charge in [0.2, 0.25) is 0 Å². The normalized spacial score (nSPS) is 22.3. The number of rotatable bonds is 4. The second-order valence-corrected chi connectivity index (χ2v) is 6.43. The van der Waals surface area contributed by atoms with E-state index in [2.05, 4.69) is 4.90 Å². The molecule has 0 aromatic heterocycles. The molecular formula is C17H26FN3O2. The molecule has 1 N–H and O–H groups in total. The highest BCUT2D eigenvalue weighted by Gasteiger charge is 2.31. The van der Waals surface area contributed by atoms with E-state index in [1.54, 1.807) is 36.0 Å². The number of anilines is 1. The summed E-state index contributed by atoms with van der Waals surface area (Å²) in [7, 11) is 3.54. The number of halogens is 1. The Kier molecular flexibility index (Phi) is 5.59. The smallest absolute Gasteiger partial charge is 0.254 e. The summed E-state index contributed by atoms with van der Waals surface area (Å²) in [6, 6.07) is 4.96. The molecule has 2 rings (SSSR count). The number of carbonyl (C=O) groups excluding carboxylic acids is 1. The van der Waals surface area contributed by atoms with E-state index in [1.807, 2.05) is 13.8 Å². The fraction of sp³-hybridized carbons (Fsp3) is 0.588. The van der Waals surface area contributed by atoms with Crippen LogP contribution in [0.3, 0.4) is 0 Å². The van der Waals surface area contributed by atoms with E-state index in [9.17, 15) is 9.18 Å². The molecule has 23 heavy (non-hydrogen) atoms. The Morgan fingerprint density at radius 3 is 2.39 bits per heavy atom. The molecule has 1 fully saturated rings. The molecule has 1 aliphatic heterocycles. The minimum atomic E-state index is -0.388. The molecule has 1 amide bonds. The molecule has 1 aliphatic rings. The first-order valence-corrected chi connectivity index (χ1v) is 7.98. The molecule has 2 atom stereocenters. The molecule has 5 nitrogen and oxygen atoms in total. The van der Waals surface area contributed by atoms with Gasteiger partial charge in [-0.2, -0.15) is 0 Å². The van der Waals surface area contributed by atoms with Crippen LogP contribution in [0.5, 0.6) is 0 Å². The molecular weight excluding hydrogens is 297 g/mol. The highest BCUT2D eigenvalue weighted by Crippen LogP contribution is 2.21. The number of hydrogen-bond donors (Lipinski definition) is 1. The lowest BCUT2D eigenvalue weighted by molar-refractivity contribution is 0.0236. The van der Waals surface area contributed by atoms with Crippen molar-refractivity contribution in [2.75, 3.05) is 45.2 Å². The first kappa shape index (κ1) is 17.7. The van der Waals surface area contributed by atoms with E-state index in [4.69, 9.17) is 5.11 Å². The third-order valence-corrected chi connectivity index (χ3v) is 4.42. The van der Waals surface area contributed by atoms with E-state index >= 15 is 0 Å². The standard InChI is InChI=1S/C17H26FN3O2/c1-12-10-20(11-13(2)21(12)7-8-22)17(23)14-5-6-16(19(3)4)15(18)9-14/h5-6,9,12-13,22H,7-8,10-11H2,1-4H3/t12-,13+. The fourth-order valence-electron chi connectivity index (χ4n) is 3.26. The van der Waals surface area contributed by atoms with Gasteiger partial charge >= 0.3 is 0 Å². The average molecular weight is 323 g/mol. The third-order valence-electron chi connectivity index (χ3n) is 4.42. The summed E-state index contributed by atoms with van der Waals surface area (Å²) in [4.78, 5) is 18.3. The SMILES string of the molecule is C[C@@H]1CN(C(=O)c2ccc(N(C)C)c(F)c2)C[C@H](C)N1CCO. The Morgan fingerprint density at radius 1 is 1.30 bits per heavy atom. The Balaban J connectivity index is 2.14. The molecule has 1 aromatic carbocycles. The van der Waals surface area contributed by atoms with Crippen LogP contribution in [0, 0.1) is 5.82 Å².